The van der Waals surface area contributed by atoms with Gasteiger partial charge in [-0.1, -0.05) is 77.4 Å². The van der Waals surface area contributed by atoms with Crippen molar-refractivity contribution in [1.82, 2.24) is 0 Å². The van der Waals surface area contributed by atoms with Crippen LogP contribution in [0.1, 0.15) is 110 Å². The van der Waals surface area contributed by atoms with Crippen molar-refractivity contribution in [2.24, 2.45) is 0 Å². The number of aliphatic hydroxyl groups excluding tert-OH is 1. The topological polar surface area (TPSA) is 65.0 Å². The van der Waals surface area contributed by atoms with Gasteiger partial charge in [0.1, 0.15) is 6.61 Å². The summed E-state index contributed by atoms with van der Waals surface area (Å²) in [6.45, 7) is 7.05. The van der Waals surface area contributed by atoms with E-state index in [1.807, 2.05) is 0 Å². The Kier molecular flexibility index (Phi) is 24.6. The van der Waals surface area contributed by atoms with E-state index < -0.39 is 0 Å². The van der Waals surface area contributed by atoms with Crippen LogP contribution in [0.3, 0.4) is 0 Å². The van der Waals surface area contributed by atoms with Gasteiger partial charge in [0.15, 0.2) is 0 Å². The number of carbonyl (C=O) groups excluding carboxylic acids is 1. The second-order valence-corrected chi connectivity index (χ2v) is 8.32. The van der Waals surface area contributed by atoms with E-state index in [1.54, 1.807) is 0 Å². The van der Waals surface area contributed by atoms with Crippen LogP contribution in [0.15, 0.2) is 12.2 Å². The number of ether oxygens (including phenoxy) is 3. The largest absolute Gasteiger partial charge is 0.463 e. The van der Waals surface area contributed by atoms with Crippen molar-refractivity contribution in [2.75, 3.05) is 33.0 Å². The molecule has 0 aliphatic rings. The van der Waals surface area contributed by atoms with E-state index in [0.717, 1.165) is 64.4 Å². The number of esters is 1. The van der Waals surface area contributed by atoms with Gasteiger partial charge in [-0.05, 0) is 38.5 Å². The van der Waals surface area contributed by atoms with Gasteiger partial charge in [-0.3, -0.25) is 4.79 Å². The molecule has 0 aromatic rings. The molecule has 0 aromatic heterocycles. The Morgan fingerprint density at radius 1 is 0.742 bits per heavy atom. The van der Waals surface area contributed by atoms with E-state index in [1.165, 1.54) is 32.1 Å². The maximum atomic E-state index is 11.7. The summed E-state index contributed by atoms with van der Waals surface area (Å²) < 4.78 is 16.0. The van der Waals surface area contributed by atoms with Gasteiger partial charge in [0, 0.05) is 13.0 Å². The molecule has 1 unspecified atom stereocenters. The van der Waals surface area contributed by atoms with Crippen LogP contribution in [-0.2, 0) is 19.0 Å². The Morgan fingerprint density at radius 2 is 1.39 bits per heavy atom. The van der Waals surface area contributed by atoms with Gasteiger partial charge < -0.3 is 19.3 Å². The van der Waals surface area contributed by atoms with Crippen LogP contribution in [0, 0.1) is 0 Å². The summed E-state index contributed by atoms with van der Waals surface area (Å²) in [5, 5.41) is 9.92. The monoisotopic (exact) mass is 442 g/mol. The fourth-order valence-electron chi connectivity index (χ4n) is 3.21. The molecular formula is C26H50O5. The second kappa shape index (κ2) is 25.4. The van der Waals surface area contributed by atoms with Crippen molar-refractivity contribution in [3.05, 3.63) is 12.2 Å². The molecule has 0 aliphatic carbocycles. The van der Waals surface area contributed by atoms with E-state index >= 15 is 0 Å². The third kappa shape index (κ3) is 25.2. The molecule has 0 rings (SSSR count). The minimum atomic E-state index is -0.177. The minimum absolute atomic E-state index is 0.126. The SMILES string of the molecule is CCCCCCC(O)CC=CCCCCCCCC(=O)OCCOCCOCCCC. The number of rotatable bonds is 24. The molecule has 0 heterocycles. The molecule has 0 aliphatic heterocycles. The highest BCUT2D eigenvalue weighted by Gasteiger charge is 2.03. The molecule has 1 N–H and O–H groups in total. The highest BCUT2D eigenvalue weighted by Crippen LogP contribution is 2.10. The lowest BCUT2D eigenvalue weighted by atomic mass is 10.1. The zero-order valence-electron chi connectivity index (χ0n) is 20.5. The summed E-state index contributed by atoms with van der Waals surface area (Å²) in [5.74, 6) is -0.126. The molecule has 31 heavy (non-hydrogen) atoms. The van der Waals surface area contributed by atoms with Crippen LogP contribution in [-0.4, -0.2) is 50.2 Å². The first-order valence-electron chi connectivity index (χ1n) is 12.8. The quantitative estimate of drug-likeness (QED) is 0.107. The van der Waals surface area contributed by atoms with Crippen LogP contribution >= 0.6 is 0 Å². The minimum Gasteiger partial charge on any atom is -0.463 e. The molecule has 5 heteroatoms. The average Bonchev–Trinajstić information content (AvgIpc) is 2.76. The van der Waals surface area contributed by atoms with Crippen LogP contribution in [0.5, 0.6) is 0 Å². The predicted octanol–water partition coefficient (Wildman–Crippen LogP) is 6.37. The van der Waals surface area contributed by atoms with Crippen molar-refractivity contribution >= 4 is 5.97 Å². The van der Waals surface area contributed by atoms with Gasteiger partial charge in [-0.25, -0.2) is 0 Å². The Labute approximate surface area is 191 Å². The molecule has 0 aromatic carbocycles. The molecule has 5 nitrogen and oxygen atoms in total. The fourth-order valence-corrected chi connectivity index (χ4v) is 3.21. The molecule has 0 saturated heterocycles. The lowest BCUT2D eigenvalue weighted by Crippen LogP contribution is -2.13. The number of allylic oxidation sites excluding steroid dienone is 1. The first-order valence-corrected chi connectivity index (χ1v) is 12.8. The summed E-state index contributed by atoms with van der Waals surface area (Å²) in [7, 11) is 0. The van der Waals surface area contributed by atoms with Crippen LogP contribution in [0.4, 0.5) is 0 Å². The molecule has 0 bridgehead atoms. The Morgan fingerprint density at radius 3 is 2.16 bits per heavy atom. The van der Waals surface area contributed by atoms with E-state index in [2.05, 4.69) is 26.0 Å². The van der Waals surface area contributed by atoms with Crippen molar-refractivity contribution in [2.45, 2.75) is 116 Å². The molecular weight excluding hydrogens is 392 g/mol. The lowest BCUT2D eigenvalue weighted by molar-refractivity contribution is -0.145. The van der Waals surface area contributed by atoms with E-state index in [9.17, 15) is 9.90 Å². The van der Waals surface area contributed by atoms with Crippen molar-refractivity contribution < 1.29 is 24.1 Å². The number of carbonyl (C=O) groups is 1. The molecule has 0 saturated carbocycles. The van der Waals surface area contributed by atoms with Gasteiger partial charge >= 0.3 is 5.97 Å². The van der Waals surface area contributed by atoms with Crippen LogP contribution < -0.4 is 0 Å². The standard InChI is InChI=1S/C26H50O5/c1-3-5-7-14-17-25(27)18-15-12-10-8-9-11-13-16-19-26(28)31-24-23-30-22-21-29-20-6-4-2/h12,15,25,27H,3-11,13-14,16-24H2,1-2H3. The van der Waals surface area contributed by atoms with Gasteiger partial charge in [0.05, 0.1) is 25.9 Å². The predicted molar refractivity (Wildman–Crippen MR) is 128 cm³/mol. The zero-order chi connectivity index (χ0) is 22.8. The summed E-state index contributed by atoms with van der Waals surface area (Å²) in [5.41, 5.74) is 0. The van der Waals surface area contributed by atoms with Crippen LogP contribution in [0.25, 0.3) is 0 Å². The number of unbranched alkanes of at least 4 members (excludes halogenated alkanes) is 9. The normalized spacial score (nSPS) is 12.5. The van der Waals surface area contributed by atoms with Crippen molar-refractivity contribution in [3.63, 3.8) is 0 Å². The smallest absolute Gasteiger partial charge is 0.305 e. The van der Waals surface area contributed by atoms with Crippen molar-refractivity contribution in [3.8, 4) is 0 Å². The first-order chi connectivity index (χ1) is 15.2. The third-order valence-corrected chi connectivity index (χ3v) is 5.22. The van der Waals surface area contributed by atoms with E-state index in [0.29, 0.717) is 32.8 Å². The second-order valence-electron chi connectivity index (χ2n) is 8.32. The number of aliphatic hydroxyl groups is 1. The first kappa shape index (κ1) is 30.1. The third-order valence-electron chi connectivity index (χ3n) is 5.22. The summed E-state index contributed by atoms with van der Waals surface area (Å²) in [6.07, 6.45) is 20.0. The fraction of sp³-hybridized carbons (Fsp3) is 0.885. The van der Waals surface area contributed by atoms with E-state index in [-0.39, 0.29) is 12.1 Å². The molecule has 0 amide bonds. The Balaban J connectivity index is 3.29. The van der Waals surface area contributed by atoms with Gasteiger partial charge in [-0.15, -0.1) is 0 Å². The Bertz CT molecular complexity index is 397. The van der Waals surface area contributed by atoms with Gasteiger partial charge in [0.25, 0.3) is 0 Å². The summed E-state index contributed by atoms with van der Waals surface area (Å²) >= 11 is 0. The maximum Gasteiger partial charge on any atom is 0.305 e. The van der Waals surface area contributed by atoms with Crippen molar-refractivity contribution in [1.29, 1.82) is 0 Å². The number of hydrogen-bond donors (Lipinski definition) is 1. The highest BCUT2D eigenvalue weighted by molar-refractivity contribution is 5.69. The lowest BCUT2D eigenvalue weighted by Gasteiger charge is -2.07. The van der Waals surface area contributed by atoms with Gasteiger partial charge in [-0.2, -0.15) is 0 Å². The molecule has 1 atom stereocenters. The van der Waals surface area contributed by atoms with Gasteiger partial charge in [0.2, 0.25) is 0 Å². The van der Waals surface area contributed by atoms with Crippen LogP contribution in [0.2, 0.25) is 0 Å². The number of hydrogen-bond acceptors (Lipinski definition) is 5. The molecule has 184 valence electrons. The molecule has 0 fully saturated rings. The molecule has 0 spiro atoms. The van der Waals surface area contributed by atoms with E-state index in [4.69, 9.17) is 14.2 Å². The average molecular weight is 443 g/mol. The Hall–Kier alpha value is -0.910. The summed E-state index contributed by atoms with van der Waals surface area (Å²) in [4.78, 5) is 11.7. The zero-order valence-corrected chi connectivity index (χ0v) is 20.5. The molecule has 0 radical (unpaired) electrons. The maximum absolute atomic E-state index is 11.7. The highest BCUT2D eigenvalue weighted by atomic mass is 16.6. The summed E-state index contributed by atoms with van der Waals surface area (Å²) in [6, 6.07) is 0.